The van der Waals surface area contributed by atoms with E-state index < -0.39 is 21.9 Å². The fourth-order valence-electron chi connectivity index (χ4n) is 3.87. The average Bonchev–Trinajstić information content (AvgIpc) is 2.92. The predicted octanol–water partition coefficient (Wildman–Crippen LogP) is 2.12. The van der Waals surface area contributed by atoms with Gasteiger partial charge < -0.3 is 16.0 Å². The Hall–Kier alpha value is -1.31. The van der Waals surface area contributed by atoms with Crippen LogP contribution < -0.4 is 16.0 Å². The van der Waals surface area contributed by atoms with Gasteiger partial charge in [-0.3, -0.25) is 4.79 Å². The first-order valence-corrected chi connectivity index (χ1v) is 12.2. The highest BCUT2D eigenvalue weighted by Gasteiger charge is 2.31. The van der Waals surface area contributed by atoms with Gasteiger partial charge in [0, 0.05) is 12.1 Å². The Labute approximate surface area is 163 Å². The lowest BCUT2D eigenvalue weighted by atomic mass is 9.94. The molecule has 1 heterocycles. The highest BCUT2D eigenvalue weighted by atomic mass is 32.2. The zero-order valence-corrected chi connectivity index (χ0v) is 17.4. The van der Waals surface area contributed by atoms with Gasteiger partial charge >= 0.3 is 6.03 Å². The second-order valence-electron chi connectivity index (χ2n) is 8.13. The van der Waals surface area contributed by atoms with Crippen LogP contribution in [0.5, 0.6) is 0 Å². The van der Waals surface area contributed by atoms with Gasteiger partial charge in [-0.15, -0.1) is 0 Å². The number of carbonyl (C=O) groups excluding carboxylic acids is 2. The smallest absolute Gasteiger partial charge is 0.315 e. The third kappa shape index (κ3) is 7.31. The zero-order valence-electron chi connectivity index (χ0n) is 16.6. The summed E-state index contributed by atoms with van der Waals surface area (Å²) in [6, 6.07) is -1.27. The molecule has 8 heteroatoms. The van der Waals surface area contributed by atoms with E-state index in [0.29, 0.717) is 6.42 Å². The largest absolute Gasteiger partial charge is 0.352 e. The molecule has 2 rings (SSSR count). The van der Waals surface area contributed by atoms with E-state index in [4.69, 9.17) is 0 Å². The maximum atomic E-state index is 12.8. The van der Waals surface area contributed by atoms with Crippen molar-refractivity contribution in [1.29, 1.82) is 0 Å². The molecule has 3 unspecified atom stereocenters. The SMILES string of the molecule is CCC(C)C(NC(=O)NC1CCS(=O)(=O)C1)C(=O)NC1CCCCCCC1. The van der Waals surface area contributed by atoms with Gasteiger partial charge in [0.15, 0.2) is 9.84 Å². The molecule has 0 radical (unpaired) electrons. The van der Waals surface area contributed by atoms with Crippen molar-refractivity contribution in [3.63, 3.8) is 0 Å². The third-order valence-electron chi connectivity index (χ3n) is 5.80. The molecule has 0 aromatic heterocycles. The lowest BCUT2D eigenvalue weighted by Crippen LogP contribution is -2.56. The number of nitrogens with one attached hydrogen (secondary N) is 3. The Balaban J connectivity index is 1.90. The lowest BCUT2D eigenvalue weighted by Gasteiger charge is -2.28. The first-order chi connectivity index (χ1) is 12.8. The fraction of sp³-hybridized carbons (Fsp3) is 0.895. The third-order valence-corrected chi connectivity index (χ3v) is 7.57. The van der Waals surface area contributed by atoms with Crippen LogP contribution in [0.4, 0.5) is 4.79 Å². The molecular weight excluding hydrogens is 366 g/mol. The summed E-state index contributed by atoms with van der Waals surface area (Å²) in [7, 11) is -3.05. The Morgan fingerprint density at radius 2 is 1.59 bits per heavy atom. The quantitative estimate of drug-likeness (QED) is 0.634. The van der Waals surface area contributed by atoms with Crippen LogP contribution in [0.25, 0.3) is 0 Å². The minimum Gasteiger partial charge on any atom is -0.352 e. The fourth-order valence-corrected chi connectivity index (χ4v) is 5.54. The highest BCUT2D eigenvalue weighted by Crippen LogP contribution is 2.18. The molecule has 3 atom stereocenters. The van der Waals surface area contributed by atoms with Crippen molar-refractivity contribution < 1.29 is 18.0 Å². The summed E-state index contributed by atoms with van der Waals surface area (Å²) >= 11 is 0. The molecule has 3 amide bonds. The summed E-state index contributed by atoms with van der Waals surface area (Å²) in [5, 5.41) is 8.63. The van der Waals surface area contributed by atoms with Gasteiger partial charge in [0.1, 0.15) is 6.04 Å². The number of sulfone groups is 1. The van der Waals surface area contributed by atoms with Crippen LogP contribution in [0.3, 0.4) is 0 Å². The number of urea groups is 1. The lowest BCUT2D eigenvalue weighted by molar-refractivity contribution is -0.124. The van der Waals surface area contributed by atoms with E-state index in [1.807, 2.05) is 13.8 Å². The highest BCUT2D eigenvalue weighted by molar-refractivity contribution is 7.91. The molecule has 1 saturated heterocycles. The van der Waals surface area contributed by atoms with E-state index >= 15 is 0 Å². The van der Waals surface area contributed by atoms with Crippen LogP contribution >= 0.6 is 0 Å². The van der Waals surface area contributed by atoms with Gasteiger partial charge in [0.2, 0.25) is 5.91 Å². The van der Waals surface area contributed by atoms with Crippen molar-refractivity contribution in [3.8, 4) is 0 Å². The normalized spacial score (nSPS) is 25.6. The number of amides is 3. The number of rotatable bonds is 6. The molecule has 0 spiro atoms. The molecule has 0 bridgehead atoms. The van der Waals surface area contributed by atoms with Crippen molar-refractivity contribution in [2.45, 2.75) is 89.8 Å². The molecule has 3 N–H and O–H groups in total. The first kappa shape index (κ1) is 22.0. The predicted molar refractivity (Wildman–Crippen MR) is 106 cm³/mol. The summed E-state index contributed by atoms with van der Waals surface area (Å²) in [4.78, 5) is 25.2. The first-order valence-electron chi connectivity index (χ1n) is 10.4. The van der Waals surface area contributed by atoms with Crippen LogP contribution in [0.2, 0.25) is 0 Å². The summed E-state index contributed by atoms with van der Waals surface area (Å²) in [6.45, 7) is 3.94. The van der Waals surface area contributed by atoms with Gasteiger partial charge in [-0.05, 0) is 25.2 Å². The maximum absolute atomic E-state index is 12.8. The van der Waals surface area contributed by atoms with Crippen molar-refractivity contribution in [1.82, 2.24) is 16.0 Å². The summed E-state index contributed by atoms with van der Waals surface area (Å²) < 4.78 is 23.1. The van der Waals surface area contributed by atoms with Crippen molar-refractivity contribution in [3.05, 3.63) is 0 Å². The van der Waals surface area contributed by atoms with Gasteiger partial charge in [0.25, 0.3) is 0 Å². The van der Waals surface area contributed by atoms with Gasteiger partial charge in [-0.2, -0.15) is 0 Å². The minimum absolute atomic E-state index is 0.00313. The molecule has 1 aliphatic carbocycles. The van der Waals surface area contributed by atoms with Crippen LogP contribution in [-0.4, -0.2) is 50.0 Å². The molecule has 0 aromatic rings. The van der Waals surface area contributed by atoms with Crippen LogP contribution in [-0.2, 0) is 14.6 Å². The van der Waals surface area contributed by atoms with Gasteiger partial charge in [-0.1, -0.05) is 52.4 Å². The molecule has 0 aromatic carbocycles. The van der Waals surface area contributed by atoms with E-state index in [0.717, 1.165) is 32.1 Å². The van der Waals surface area contributed by atoms with Crippen molar-refractivity contribution in [2.75, 3.05) is 11.5 Å². The van der Waals surface area contributed by atoms with E-state index in [1.165, 1.54) is 19.3 Å². The summed E-state index contributed by atoms with van der Waals surface area (Å²) in [5.41, 5.74) is 0. The van der Waals surface area contributed by atoms with Crippen LogP contribution in [0.1, 0.15) is 71.6 Å². The van der Waals surface area contributed by atoms with E-state index in [-0.39, 0.29) is 35.4 Å². The van der Waals surface area contributed by atoms with Gasteiger partial charge in [0.05, 0.1) is 11.5 Å². The Bertz CT molecular complexity index is 600. The molecule has 1 aliphatic heterocycles. The molecule has 1 saturated carbocycles. The number of hydrogen-bond acceptors (Lipinski definition) is 4. The minimum atomic E-state index is -3.05. The molecule has 2 fully saturated rings. The topological polar surface area (TPSA) is 104 Å². The van der Waals surface area contributed by atoms with Crippen molar-refractivity contribution in [2.24, 2.45) is 5.92 Å². The maximum Gasteiger partial charge on any atom is 0.315 e. The Morgan fingerprint density at radius 3 is 2.15 bits per heavy atom. The van der Waals surface area contributed by atoms with Crippen molar-refractivity contribution >= 4 is 21.8 Å². The Morgan fingerprint density at radius 1 is 0.963 bits per heavy atom. The zero-order chi connectivity index (χ0) is 19.9. The second-order valence-corrected chi connectivity index (χ2v) is 10.4. The molecule has 156 valence electrons. The summed E-state index contributed by atoms with van der Waals surface area (Å²) in [5.74, 6) is -0.0573. The van der Waals surface area contributed by atoms with E-state index in [9.17, 15) is 18.0 Å². The summed E-state index contributed by atoms with van der Waals surface area (Å²) in [6.07, 6.45) is 9.13. The monoisotopic (exact) mass is 401 g/mol. The molecule has 7 nitrogen and oxygen atoms in total. The van der Waals surface area contributed by atoms with E-state index in [1.54, 1.807) is 0 Å². The van der Waals surface area contributed by atoms with Crippen LogP contribution in [0, 0.1) is 5.92 Å². The standard InChI is InChI=1S/C19H35N3O4S/c1-3-14(2)17(18(23)20-15-9-7-5-4-6-8-10-15)22-19(24)21-16-11-12-27(25,26)13-16/h14-17H,3-13H2,1-2H3,(H,20,23)(H2,21,22,24). The average molecular weight is 402 g/mol. The molecule has 27 heavy (non-hydrogen) atoms. The molecular formula is C19H35N3O4S. The molecule has 2 aliphatic rings. The Kier molecular flexibility index (Phi) is 8.38. The van der Waals surface area contributed by atoms with E-state index in [2.05, 4.69) is 16.0 Å². The number of hydrogen-bond donors (Lipinski definition) is 3. The number of carbonyl (C=O) groups is 2. The van der Waals surface area contributed by atoms with Crippen LogP contribution in [0.15, 0.2) is 0 Å². The second kappa shape index (κ2) is 10.3. The van der Waals surface area contributed by atoms with Gasteiger partial charge in [-0.25, -0.2) is 13.2 Å².